The molecule has 15 heavy (non-hydrogen) atoms. The first kappa shape index (κ1) is 8.37. The molecule has 0 atom stereocenters. The summed E-state index contributed by atoms with van der Waals surface area (Å²) in [6, 6.07) is 5.76. The van der Waals surface area contributed by atoms with E-state index in [0.29, 0.717) is 5.13 Å². The van der Waals surface area contributed by atoms with Gasteiger partial charge < -0.3 is 5.73 Å². The Hall–Kier alpha value is -1.95. The highest BCUT2D eigenvalue weighted by molar-refractivity contribution is 7.18. The Morgan fingerprint density at radius 1 is 1.27 bits per heavy atom. The smallest absolute Gasteiger partial charge is 0.180 e. The lowest BCUT2D eigenvalue weighted by Gasteiger charge is -1.93. The fourth-order valence-electron chi connectivity index (χ4n) is 1.40. The molecule has 74 valence electrons. The van der Waals surface area contributed by atoms with Gasteiger partial charge >= 0.3 is 0 Å². The molecule has 3 aromatic heterocycles. The summed E-state index contributed by atoms with van der Waals surface area (Å²) in [5.74, 6) is 0.778. The van der Waals surface area contributed by atoms with Gasteiger partial charge in [0.1, 0.15) is 0 Å². The van der Waals surface area contributed by atoms with Gasteiger partial charge in [-0.1, -0.05) is 17.4 Å². The van der Waals surface area contributed by atoms with E-state index in [1.54, 1.807) is 6.20 Å². The lowest BCUT2D eigenvalue weighted by molar-refractivity contribution is 1.12. The van der Waals surface area contributed by atoms with Gasteiger partial charge in [-0.2, -0.15) is 0 Å². The van der Waals surface area contributed by atoms with Crippen molar-refractivity contribution in [1.82, 2.24) is 19.6 Å². The van der Waals surface area contributed by atoms with Crippen LogP contribution in [-0.4, -0.2) is 19.6 Å². The summed E-state index contributed by atoms with van der Waals surface area (Å²) >= 11 is 1.40. The second-order valence-corrected chi connectivity index (χ2v) is 4.08. The van der Waals surface area contributed by atoms with Gasteiger partial charge in [0.15, 0.2) is 16.6 Å². The Morgan fingerprint density at radius 2 is 2.20 bits per heavy atom. The fraction of sp³-hybridized carbons (Fsp3) is 0. The largest absolute Gasteiger partial charge is 0.375 e. The molecule has 0 saturated carbocycles. The van der Waals surface area contributed by atoms with Gasteiger partial charge in [0, 0.05) is 6.20 Å². The third-order valence-electron chi connectivity index (χ3n) is 2.06. The van der Waals surface area contributed by atoms with Crippen LogP contribution >= 0.6 is 11.3 Å². The molecule has 0 fully saturated rings. The highest BCUT2D eigenvalue weighted by Gasteiger charge is 2.09. The molecule has 0 aliphatic carbocycles. The van der Waals surface area contributed by atoms with Crippen LogP contribution in [0.3, 0.4) is 0 Å². The van der Waals surface area contributed by atoms with Crippen LogP contribution in [0, 0.1) is 0 Å². The van der Waals surface area contributed by atoms with Crippen molar-refractivity contribution in [2.24, 2.45) is 0 Å². The van der Waals surface area contributed by atoms with Crippen molar-refractivity contribution in [3.05, 3.63) is 30.6 Å². The van der Waals surface area contributed by atoms with E-state index in [4.69, 9.17) is 5.73 Å². The Bertz CT molecular complexity index is 612. The van der Waals surface area contributed by atoms with Gasteiger partial charge in [0.2, 0.25) is 0 Å². The molecule has 0 spiro atoms. The molecule has 0 radical (unpaired) electrons. The average Bonchev–Trinajstić information content (AvgIpc) is 2.83. The Kier molecular flexibility index (Phi) is 1.69. The molecule has 0 amide bonds. The first-order valence-electron chi connectivity index (χ1n) is 4.36. The molecule has 0 saturated heterocycles. The van der Waals surface area contributed by atoms with Gasteiger partial charge in [-0.3, -0.25) is 4.40 Å². The van der Waals surface area contributed by atoms with Crippen LogP contribution in [0.5, 0.6) is 0 Å². The van der Waals surface area contributed by atoms with Crippen molar-refractivity contribution in [3.8, 4) is 10.7 Å². The predicted molar refractivity (Wildman–Crippen MR) is 58.5 cm³/mol. The standard InChI is InChI=1S/C9H7N5S/c10-9-11-5-6(15-9)8-13-12-7-3-1-2-4-14(7)8/h1-5H,(H2,10,11). The van der Waals surface area contributed by atoms with Crippen molar-refractivity contribution in [2.75, 3.05) is 5.73 Å². The van der Waals surface area contributed by atoms with E-state index in [9.17, 15) is 0 Å². The summed E-state index contributed by atoms with van der Waals surface area (Å²) in [6.45, 7) is 0. The van der Waals surface area contributed by atoms with Crippen LogP contribution in [0.2, 0.25) is 0 Å². The van der Waals surface area contributed by atoms with E-state index in [1.807, 2.05) is 28.8 Å². The van der Waals surface area contributed by atoms with Crippen LogP contribution < -0.4 is 5.73 Å². The maximum Gasteiger partial charge on any atom is 0.180 e. The molecule has 3 aromatic rings. The molecule has 2 N–H and O–H groups in total. The van der Waals surface area contributed by atoms with E-state index >= 15 is 0 Å². The molecule has 0 unspecified atom stereocenters. The number of anilines is 1. The van der Waals surface area contributed by atoms with E-state index in [0.717, 1.165) is 16.3 Å². The summed E-state index contributed by atoms with van der Waals surface area (Å²) in [7, 11) is 0. The maximum absolute atomic E-state index is 5.58. The number of pyridine rings is 1. The van der Waals surface area contributed by atoms with Crippen molar-refractivity contribution in [3.63, 3.8) is 0 Å². The Morgan fingerprint density at radius 3 is 3.00 bits per heavy atom. The number of hydrogen-bond donors (Lipinski definition) is 1. The summed E-state index contributed by atoms with van der Waals surface area (Å²) in [4.78, 5) is 4.92. The van der Waals surface area contributed by atoms with Crippen LogP contribution in [0.4, 0.5) is 5.13 Å². The number of aromatic nitrogens is 4. The zero-order chi connectivity index (χ0) is 10.3. The fourth-order valence-corrected chi connectivity index (χ4v) is 2.07. The second kappa shape index (κ2) is 3.03. The number of nitrogens with zero attached hydrogens (tertiary/aromatic N) is 4. The zero-order valence-corrected chi connectivity index (χ0v) is 8.48. The number of thiazole rings is 1. The normalized spacial score (nSPS) is 10.9. The number of nitrogens with two attached hydrogens (primary N) is 1. The predicted octanol–water partition coefficient (Wildman–Crippen LogP) is 1.43. The van der Waals surface area contributed by atoms with Gasteiger partial charge in [-0.05, 0) is 12.1 Å². The molecular formula is C9H7N5S. The van der Waals surface area contributed by atoms with Crippen molar-refractivity contribution in [2.45, 2.75) is 0 Å². The molecule has 3 rings (SSSR count). The monoisotopic (exact) mass is 217 g/mol. The van der Waals surface area contributed by atoms with Crippen LogP contribution in [-0.2, 0) is 0 Å². The quantitative estimate of drug-likeness (QED) is 0.669. The average molecular weight is 217 g/mol. The number of hydrogen-bond acceptors (Lipinski definition) is 5. The minimum absolute atomic E-state index is 0.540. The van der Waals surface area contributed by atoms with Gasteiger partial charge in [0.25, 0.3) is 0 Å². The number of nitrogen functional groups attached to an aromatic ring is 1. The highest BCUT2D eigenvalue weighted by Crippen LogP contribution is 2.25. The Balaban J connectivity index is 2.27. The topological polar surface area (TPSA) is 69.1 Å². The van der Waals surface area contributed by atoms with Crippen LogP contribution in [0.15, 0.2) is 30.6 Å². The molecule has 3 heterocycles. The maximum atomic E-state index is 5.58. The lowest BCUT2D eigenvalue weighted by Crippen LogP contribution is -1.85. The van der Waals surface area contributed by atoms with E-state index in [2.05, 4.69) is 15.2 Å². The third-order valence-corrected chi connectivity index (χ3v) is 2.88. The third kappa shape index (κ3) is 1.26. The molecular weight excluding hydrogens is 210 g/mol. The summed E-state index contributed by atoms with van der Waals surface area (Å²) in [5, 5.41) is 8.70. The van der Waals surface area contributed by atoms with E-state index in [1.165, 1.54) is 11.3 Å². The molecule has 6 heteroatoms. The molecule has 5 nitrogen and oxygen atoms in total. The lowest BCUT2D eigenvalue weighted by atomic mass is 10.4. The van der Waals surface area contributed by atoms with Crippen molar-refractivity contribution in [1.29, 1.82) is 0 Å². The van der Waals surface area contributed by atoms with Gasteiger partial charge in [-0.25, -0.2) is 4.98 Å². The minimum atomic E-state index is 0.540. The second-order valence-electron chi connectivity index (χ2n) is 3.02. The summed E-state index contributed by atoms with van der Waals surface area (Å²) in [5.41, 5.74) is 6.40. The first-order chi connectivity index (χ1) is 7.34. The minimum Gasteiger partial charge on any atom is -0.375 e. The van der Waals surface area contributed by atoms with Gasteiger partial charge in [0.05, 0.1) is 11.1 Å². The zero-order valence-electron chi connectivity index (χ0n) is 7.66. The highest BCUT2D eigenvalue weighted by atomic mass is 32.1. The molecule has 0 bridgehead atoms. The van der Waals surface area contributed by atoms with Crippen LogP contribution in [0.25, 0.3) is 16.3 Å². The van der Waals surface area contributed by atoms with Crippen molar-refractivity contribution < 1.29 is 0 Å². The summed E-state index contributed by atoms with van der Waals surface area (Å²) in [6.07, 6.45) is 3.63. The van der Waals surface area contributed by atoms with E-state index in [-0.39, 0.29) is 0 Å². The van der Waals surface area contributed by atoms with Gasteiger partial charge in [-0.15, -0.1) is 10.2 Å². The number of fused-ring (bicyclic) bond motifs is 1. The number of rotatable bonds is 1. The molecule has 0 aliphatic rings. The summed E-state index contributed by atoms with van der Waals surface area (Å²) < 4.78 is 1.91. The molecule has 0 aromatic carbocycles. The first-order valence-corrected chi connectivity index (χ1v) is 5.18. The SMILES string of the molecule is Nc1ncc(-c2nnc3ccccn23)s1. The molecule has 0 aliphatic heterocycles. The Labute approximate surface area is 89.2 Å². The van der Waals surface area contributed by atoms with E-state index < -0.39 is 0 Å². The van der Waals surface area contributed by atoms with Crippen molar-refractivity contribution >= 4 is 22.1 Å². The van der Waals surface area contributed by atoms with Crippen LogP contribution in [0.1, 0.15) is 0 Å².